The molecule has 0 aromatic carbocycles. The van der Waals surface area contributed by atoms with Crippen molar-refractivity contribution in [2.75, 3.05) is 28.4 Å². The normalized spacial score (nSPS) is 12.1. The number of ether oxygens (including phenoxy) is 4. The van der Waals surface area contributed by atoms with Crippen molar-refractivity contribution >= 4 is 23.9 Å². The summed E-state index contributed by atoms with van der Waals surface area (Å²) in [5.74, 6) is -3.95. The van der Waals surface area contributed by atoms with E-state index in [1.54, 1.807) is 0 Å². The van der Waals surface area contributed by atoms with Crippen LogP contribution in [0.15, 0.2) is 5.11 Å². The Balaban J connectivity index is 3.52. The van der Waals surface area contributed by atoms with E-state index in [2.05, 4.69) is 39.3 Å². The smallest absolute Gasteiger partial charge is 0.361 e. The van der Waals surface area contributed by atoms with Gasteiger partial charge in [0.05, 0.1) is 28.4 Å². The first kappa shape index (κ1) is 21.4. The first-order chi connectivity index (χ1) is 12.9. The van der Waals surface area contributed by atoms with Crippen molar-refractivity contribution in [2.45, 2.75) is 18.5 Å². The van der Waals surface area contributed by atoms with Crippen molar-refractivity contribution in [3.63, 3.8) is 0 Å². The van der Waals surface area contributed by atoms with Gasteiger partial charge in [-0.25, -0.2) is 19.1 Å². The number of azide groups is 1. The van der Waals surface area contributed by atoms with Gasteiger partial charge in [0.1, 0.15) is 6.04 Å². The molecule has 2 unspecified atom stereocenters. The first-order valence-electron chi connectivity index (χ1n) is 7.17. The zero-order chi connectivity index (χ0) is 20.6. The molecule has 0 aliphatic carbocycles. The number of aromatic nitrogens is 3. The van der Waals surface area contributed by atoms with E-state index in [0.29, 0.717) is 0 Å². The first-order valence-corrected chi connectivity index (χ1v) is 7.17. The molecule has 0 amide bonds. The molecule has 0 spiro atoms. The van der Waals surface area contributed by atoms with Gasteiger partial charge in [-0.3, -0.25) is 4.79 Å². The molecule has 0 aliphatic rings. The number of rotatable bonds is 8. The minimum atomic E-state index is -1.47. The Labute approximate surface area is 151 Å². The number of hydrogen-bond donors (Lipinski definition) is 0. The third-order valence-corrected chi connectivity index (χ3v) is 3.33. The average Bonchev–Trinajstić information content (AvgIpc) is 3.13. The number of hydrogen-bond acceptors (Lipinski definition) is 11. The Morgan fingerprint density at radius 3 is 2.11 bits per heavy atom. The van der Waals surface area contributed by atoms with E-state index in [1.807, 2.05) is 0 Å². The van der Waals surface area contributed by atoms with Crippen LogP contribution in [0.5, 0.6) is 0 Å². The highest BCUT2D eigenvalue weighted by atomic mass is 16.5. The van der Waals surface area contributed by atoms with E-state index in [4.69, 9.17) is 5.53 Å². The molecule has 0 aliphatic heterocycles. The molecule has 1 rings (SSSR count). The van der Waals surface area contributed by atoms with Gasteiger partial charge in [0, 0.05) is 4.91 Å². The molecule has 0 fully saturated rings. The van der Waals surface area contributed by atoms with Crippen LogP contribution >= 0.6 is 0 Å². The second kappa shape index (κ2) is 9.72. The van der Waals surface area contributed by atoms with Crippen LogP contribution in [-0.2, 0) is 28.5 Å². The van der Waals surface area contributed by atoms with Crippen molar-refractivity contribution in [3.8, 4) is 0 Å². The van der Waals surface area contributed by atoms with E-state index >= 15 is 0 Å². The lowest BCUT2D eigenvalue weighted by atomic mass is 10.1. The summed E-state index contributed by atoms with van der Waals surface area (Å²) < 4.78 is 19.0. The molecular weight excluding hydrogens is 368 g/mol. The topological polar surface area (TPSA) is 185 Å². The summed E-state index contributed by atoms with van der Waals surface area (Å²) in [7, 11) is 4.19. The zero-order valence-corrected chi connectivity index (χ0v) is 14.8. The summed E-state index contributed by atoms with van der Waals surface area (Å²) >= 11 is 0. The molecule has 1 heterocycles. The standard InChI is InChI=1S/C13H16N6O8/c1-24-10(20)6(15-17-14)5-7(11(21)25-2)19-9(13(23)27-4)8(16-18-19)12(22)26-3/h6-7H,5H2,1-4H3. The van der Waals surface area contributed by atoms with Crippen LogP contribution in [0.4, 0.5) is 0 Å². The number of nitrogens with zero attached hydrogens (tertiary/aromatic N) is 6. The fourth-order valence-corrected chi connectivity index (χ4v) is 2.07. The second-order valence-electron chi connectivity index (χ2n) is 4.73. The van der Waals surface area contributed by atoms with E-state index in [9.17, 15) is 19.2 Å². The van der Waals surface area contributed by atoms with Crippen LogP contribution < -0.4 is 0 Å². The SMILES string of the molecule is COC(=O)c1nnn(C(CC(N=[N+]=[N-])C(=O)OC)C(=O)OC)c1C(=O)OC. The quantitative estimate of drug-likeness (QED) is 0.191. The van der Waals surface area contributed by atoms with Gasteiger partial charge in [0.2, 0.25) is 5.69 Å². The molecule has 0 radical (unpaired) electrons. The molecule has 146 valence electrons. The van der Waals surface area contributed by atoms with Gasteiger partial charge in [0.15, 0.2) is 11.7 Å². The maximum atomic E-state index is 12.2. The highest BCUT2D eigenvalue weighted by molar-refractivity contribution is 6.00. The summed E-state index contributed by atoms with van der Waals surface area (Å²) in [6.45, 7) is 0. The van der Waals surface area contributed by atoms with E-state index in [1.165, 1.54) is 0 Å². The van der Waals surface area contributed by atoms with Crippen LogP contribution in [0.2, 0.25) is 0 Å². The molecule has 2 atom stereocenters. The fourth-order valence-electron chi connectivity index (χ4n) is 2.07. The maximum Gasteiger partial charge on any atom is 0.361 e. The Kier molecular flexibility index (Phi) is 7.69. The zero-order valence-electron chi connectivity index (χ0n) is 14.8. The maximum absolute atomic E-state index is 12.2. The van der Waals surface area contributed by atoms with E-state index < -0.39 is 53.8 Å². The molecular formula is C13H16N6O8. The van der Waals surface area contributed by atoms with Crippen LogP contribution in [-0.4, -0.2) is 73.4 Å². The molecule has 1 aromatic rings. The molecule has 14 nitrogen and oxygen atoms in total. The predicted molar refractivity (Wildman–Crippen MR) is 83.3 cm³/mol. The van der Waals surface area contributed by atoms with Gasteiger partial charge in [-0.15, -0.1) is 5.10 Å². The summed E-state index contributed by atoms with van der Waals surface area (Å²) in [5, 5.41) is 10.4. The van der Waals surface area contributed by atoms with Crippen molar-refractivity contribution in [3.05, 3.63) is 21.8 Å². The molecule has 1 aromatic heterocycles. The van der Waals surface area contributed by atoms with Gasteiger partial charge in [0.25, 0.3) is 0 Å². The Morgan fingerprint density at radius 2 is 1.63 bits per heavy atom. The average molecular weight is 384 g/mol. The van der Waals surface area contributed by atoms with Crippen molar-refractivity contribution in [2.24, 2.45) is 5.11 Å². The van der Waals surface area contributed by atoms with Gasteiger partial charge >= 0.3 is 23.9 Å². The molecule has 0 N–H and O–H groups in total. The lowest BCUT2D eigenvalue weighted by Gasteiger charge is -2.19. The van der Waals surface area contributed by atoms with Crippen LogP contribution in [0.1, 0.15) is 33.4 Å². The Bertz CT molecular complexity index is 784. The van der Waals surface area contributed by atoms with Gasteiger partial charge < -0.3 is 18.9 Å². The monoisotopic (exact) mass is 384 g/mol. The molecule has 14 heteroatoms. The third kappa shape index (κ3) is 4.70. The lowest BCUT2D eigenvalue weighted by Crippen LogP contribution is -2.32. The fraction of sp³-hybridized carbons (Fsp3) is 0.538. The number of carbonyl (C=O) groups excluding carboxylic acids is 4. The van der Waals surface area contributed by atoms with Gasteiger partial charge in [-0.2, -0.15) is 0 Å². The minimum Gasteiger partial charge on any atom is -0.469 e. The van der Waals surface area contributed by atoms with Crippen molar-refractivity contribution < 1.29 is 38.1 Å². The summed E-state index contributed by atoms with van der Waals surface area (Å²) in [6.07, 6.45) is -0.489. The van der Waals surface area contributed by atoms with Crippen molar-refractivity contribution in [1.29, 1.82) is 0 Å². The predicted octanol–water partition coefficient (Wildman–Crippen LogP) is -0.193. The molecule has 27 heavy (non-hydrogen) atoms. The van der Waals surface area contributed by atoms with Crippen LogP contribution in [0.25, 0.3) is 10.4 Å². The molecule has 0 saturated heterocycles. The molecule has 0 bridgehead atoms. The summed E-state index contributed by atoms with van der Waals surface area (Å²) in [5.41, 5.74) is 7.59. The third-order valence-electron chi connectivity index (χ3n) is 3.33. The van der Waals surface area contributed by atoms with E-state index in [-0.39, 0.29) is 0 Å². The highest BCUT2D eigenvalue weighted by Gasteiger charge is 2.36. The number of esters is 4. The van der Waals surface area contributed by atoms with Crippen LogP contribution in [0, 0.1) is 0 Å². The van der Waals surface area contributed by atoms with E-state index in [0.717, 1.165) is 33.1 Å². The summed E-state index contributed by atoms with van der Waals surface area (Å²) in [4.78, 5) is 50.4. The van der Waals surface area contributed by atoms with Gasteiger partial charge in [-0.1, -0.05) is 10.3 Å². The second-order valence-corrected chi connectivity index (χ2v) is 4.73. The van der Waals surface area contributed by atoms with Gasteiger partial charge in [-0.05, 0) is 12.0 Å². The number of methoxy groups -OCH3 is 4. The highest BCUT2D eigenvalue weighted by Crippen LogP contribution is 2.22. The number of carbonyl (C=O) groups is 4. The largest absolute Gasteiger partial charge is 0.469 e. The van der Waals surface area contributed by atoms with Crippen LogP contribution in [0.3, 0.4) is 0 Å². The Hall–Kier alpha value is -3.67. The van der Waals surface area contributed by atoms with Crippen molar-refractivity contribution in [1.82, 2.24) is 15.0 Å². The molecule has 0 saturated carbocycles. The lowest BCUT2D eigenvalue weighted by molar-refractivity contribution is -0.147. The Morgan fingerprint density at radius 1 is 1.04 bits per heavy atom. The minimum absolute atomic E-state index is 0.489. The summed E-state index contributed by atoms with van der Waals surface area (Å²) in [6, 6.07) is -2.91.